The Morgan fingerprint density at radius 3 is 1.88 bits per heavy atom. The number of carbonyl (C=O) groups excluding carboxylic acids is 2. The number of anilines is 1. The molecule has 4 rings (SSSR count). The quantitative estimate of drug-likeness (QED) is 0.530. The largest absolute Gasteiger partial charge is 0.497 e. The van der Waals surface area contributed by atoms with E-state index in [1.807, 2.05) is 54.6 Å². The number of amides is 2. The van der Waals surface area contributed by atoms with Crippen LogP contribution >= 0.6 is 0 Å². The van der Waals surface area contributed by atoms with Crippen LogP contribution in [0.4, 0.5) is 5.69 Å². The molecule has 32 heavy (non-hydrogen) atoms. The Balaban J connectivity index is 1.75. The minimum atomic E-state index is -0.331. The molecule has 0 N–H and O–H groups in total. The molecule has 2 amide bonds. The van der Waals surface area contributed by atoms with Crippen LogP contribution in [-0.4, -0.2) is 38.0 Å². The van der Waals surface area contributed by atoms with Crippen molar-refractivity contribution in [2.45, 2.75) is 6.54 Å². The highest BCUT2D eigenvalue weighted by molar-refractivity contribution is 6.36. The molecule has 1 aliphatic rings. The van der Waals surface area contributed by atoms with Crippen LogP contribution in [0.15, 0.2) is 84.6 Å². The molecule has 0 bridgehead atoms. The molecule has 0 radical (unpaired) electrons. The molecule has 3 aromatic carbocycles. The highest BCUT2D eigenvalue weighted by Crippen LogP contribution is 2.35. The van der Waals surface area contributed by atoms with E-state index in [0.717, 1.165) is 17.0 Å². The second kappa shape index (κ2) is 8.98. The van der Waals surface area contributed by atoms with Crippen LogP contribution in [0.5, 0.6) is 11.5 Å². The van der Waals surface area contributed by atoms with Crippen molar-refractivity contribution in [1.29, 1.82) is 0 Å². The van der Waals surface area contributed by atoms with Crippen molar-refractivity contribution in [3.8, 4) is 11.5 Å². The molecule has 0 aliphatic carbocycles. The van der Waals surface area contributed by atoms with Gasteiger partial charge in [0.1, 0.15) is 17.2 Å². The predicted molar refractivity (Wildman–Crippen MR) is 123 cm³/mol. The van der Waals surface area contributed by atoms with Crippen molar-refractivity contribution in [3.63, 3.8) is 0 Å². The maximum Gasteiger partial charge on any atom is 0.278 e. The third-order valence-electron chi connectivity index (χ3n) is 5.50. The number of rotatable bonds is 7. The summed E-state index contributed by atoms with van der Waals surface area (Å²) in [6, 6.07) is 24.0. The number of hydrogen-bond acceptors (Lipinski definition) is 5. The normalized spacial score (nSPS) is 13.5. The lowest BCUT2D eigenvalue weighted by Gasteiger charge is -2.21. The molecule has 6 nitrogen and oxygen atoms in total. The van der Waals surface area contributed by atoms with Gasteiger partial charge < -0.3 is 14.4 Å². The van der Waals surface area contributed by atoms with Crippen LogP contribution in [-0.2, 0) is 16.1 Å². The lowest BCUT2D eigenvalue weighted by molar-refractivity contribution is -0.137. The number of imide groups is 1. The van der Waals surface area contributed by atoms with Crippen molar-refractivity contribution in [2.75, 3.05) is 26.2 Å². The van der Waals surface area contributed by atoms with Crippen molar-refractivity contribution < 1.29 is 19.1 Å². The first-order valence-electron chi connectivity index (χ1n) is 10.2. The SMILES string of the molecule is COc1ccc(CN2C(=O)C(c3ccc(OC)cc3)=C(N(C)c3ccccc3)C2=O)cc1. The summed E-state index contributed by atoms with van der Waals surface area (Å²) in [6.07, 6.45) is 0. The number of likely N-dealkylation sites (N-methyl/N-ethyl adjacent to an activating group) is 1. The third-order valence-corrected chi connectivity index (χ3v) is 5.50. The smallest absolute Gasteiger partial charge is 0.278 e. The highest BCUT2D eigenvalue weighted by atomic mass is 16.5. The van der Waals surface area contributed by atoms with Crippen LogP contribution < -0.4 is 14.4 Å². The summed E-state index contributed by atoms with van der Waals surface area (Å²) in [6.45, 7) is 0.174. The van der Waals surface area contributed by atoms with Gasteiger partial charge in [-0.2, -0.15) is 0 Å². The zero-order valence-electron chi connectivity index (χ0n) is 18.2. The van der Waals surface area contributed by atoms with E-state index in [-0.39, 0.29) is 18.4 Å². The minimum absolute atomic E-state index is 0.174. The number of carbonyl (C=O) groups is 2. The second-order valence-corrected chi connectivity index (χ2v) is 7.39. The Morgan fingerprint density at radius 2 is 1.31 bits per heavy atom. The van der Waals surface area contributed by atoms with Gasteiger partial charge in [-0.05, 0) is 47.5 Å². The lowest BCUT2D eigenvalue weighted by Crippen LogP contribution is -2.33. The zero-order chi connectivity index (χ0) is 22.7. The second-order valence-electron chi connectivity index (χ2n) is 7.39. The number of para-hydroxylation sites is 1. The van der Waals surface area contributed by atoms with Gasteiger partial charge >= 0.3 is 0 Å². The molecule has 3 aromatic rings. The van der Waals surface area contributed by atoms with Crippen molar-refractivity contribution >= 4 is 23.1 Å². The van der Waals surface area contributed by atoms with Gasteiger partial charge in [0.2, 0.25) is 0 Å². The molecular formula is C26H24N2O4. The number of benzene rings is 3. The van der Waals surface area contributed by atoms with Gasteiger partial charge in [0, 0.05) is 12.7 Å². The van der Waals surface area contributed by atoms with Crippen molar-refractivity contribution in [2.24, 2.45) is 0 Å². The summed E-state index contributed by atoms with van der Waals surface area (Å²) < 4.78 is 10.4. The molecule has 1 aliphatic heterocycles. The Bertz CT molecular complexity index is 1150. The molecule has 0 spiro atoms. The summed E-state index contributed by atoms with van der Waals surface area (Å²) in [4.78, 5) is 30.1. The van der Waals surface area contributed by atoms with E-state index in [4.69, 9.17) is 9.47 Å². The van der Waals surface area contributed by atoms with Crippen molar-refractivity contribution in [1.82, 2.24) is 4.90 Å². The first kappa shape index (κ1) is 21.2. The fourth-order valence-corrected chi connectivity index (χ4v) is 3.73. The molecule has 1 heterocycles. The van der Waals surface area contributed by atoms with Crippen LogP contribution in [0.2, 0.25) is 0 Å². The molecular weight excluding hydrogens is 404 g/mol. The van der Waals surface area contributed by atoms with E-state index in [2.05, 4.69) is 0 Å². The molecule has 0 saturated carbocycles. The Morgan fingerprint density at radius 1 is 0.750 bits per heavy atom. The Labute approximate surface area is 187 Å². The lowest BCUT2D eigenvalue weighted by atomic mass is 10.0. The van der Waals surface area contributed by atoms with E-state index in [9.17, 15) is 9.59 Å². The summed E-state index contributed by atoms with van der Waals surface area (Å²) in [5, 5.41) is 0. The van der Waals surface area contributed by atoms with Gasteiger partial charge in [0.05, 0.1) is 26.3 Å². The maximum atomic E-state index is 13.5. The summed E-state index contributed by atoms with van der Waals surface area (Å²) >= 11 is 0. The van der Waals surface area contributed by atoms with Gasteiger partial charge in [-0.1, -0.05) is 42.5 Å². The summed E-state index contributed by atoms with van der Waals surface area (Å²) in [5.74, 6) is 0.741. The highest BCUT2D eigenvalue weighted by Gasteiger charge is 2.41. The standard InChI is InChI=1S/C26H24N2O4/c1-27(20-7-5-4-6-8-20)24-23(19-11-15-22(32-3)16-12-19)25(29)28(26(24)30)17-18-9-13-21(31-2)14-10-18/h4-16H,17H2,1-3H3. The van der Waals surface area contributed by atoms with E-state index in [1.165, 1.54) is 4.90 Å². The molecule has 0 saturated heterocycles. The monoisotopic (exact) mass is 428 g/mol. The topological polar surface area (TPSA) is 59.1 Å². The fraction of sp³-hybridized carbons (Fsp3) is 0.154. The number of nitrogens with zero attached hydrogens (tertiary/aromatic N) is 2. The summed E-state index contributed by atoms with van der Waals surface area (Å²) in [5.41, 5.74) is 3.04. The maximum absolute atomic E-state index is 13.5. The van der Waals surface area contributed by atoms with Crippen LogP contribution in [0, 0.1) is 0 Å². The number of methoxy groups -OCH3 is 2. The molecule has 6 heteroatoms. The third kappa shape index (κ3) is 3.95. The zero-order valence-corrected chi connectivity index (χ0v) is 18.2. The summed E-state index contributed by atoms with van der Waals surface area (Å²) in [7, 11) is 4.99. The molecule has 0 aromatic heterocycles. The first-order valence-corrected chi connectivity index (χ1v) is 10.2. The first-order chi connectivity index (χ1) is 15.5. The Hall–Kier alpha value is -4.06. The van der Waals surface area contributed by atoms with E-state index < -0.39 is 0 Å². The van der Waals surface area contributed by atoms with Crippen LogP contribution in [0.1, 0.15) is 11.1 Å². The van der Waals surface area contributed by atoms with Gasteiger partial charge in [0.15, 0.2) is 0 Å². The van der Waals surface area contributed by atoms with E-state index in [0.29, 0.717) is 22.6 Å². The number of ether oxygens (including phenoxy) is 2. The molecule has 0 atom stereocenters. The molecule has 162 valence electrons. The average Bonchev–Trinajstić information content (AvgIpc) is 3.09. The molecule has 0 unspecified atom stereocenters. The minimum Gasteiger partial charge on any atom is -0.497 e. The van der Waals surface area contributed by atoms with Gasteiger partial charge in [-0.25, -0.2) is 0 Å². The van der Waals surface area contributed by atoms with Crippen molar-refractivity contribution in [3.05, 3.63) is 95.7 Å². The van der Waals surface area contributed by atoms with E-state index in [1.54, 1.807) is 50.4 Å². The predicted octanol–water partition coefficient (Wildman–Crippen LogP) is 4.12. The van der Waals surface area contributed by atoms with E-state index >= 15 is 0 Å². The number of hydrogen-bond donors (Lipinski definition) is 0. The van der Waals surface area contributed by atoms with Crippen LogP contribution in [0.25, 0.3) is 5.57 Å². The Kier molecular flexibility index (Phi) is 5.94. The average molecular weight is 428 g/mol. The van der Waals surface area contributed by atoms with Gasteiger partial charge in [-0.15, -0.1) is 0 Å². The fourth-order valence-electron chi connectivity index (χ4n) is 3.73. The van der Waals surface area contributed by atoms with Crippen LogP contribution in [0.3, 0.4) is 0 Å². The van der Waals surface area contributed by atoms with Gasteiger partial charge in [-0.3, -0.25) is 14.5 Å². The van der Waals surface area contributed by atoms with Gasteiger partial charge in [0.25, 0.3) is 11.8 Å². The molecule has 0 fully saturated rings.